The van der Waals surface area contributed by atoms with Crippen molar-refractivity contribution in [3.8, 4) is 0 Å². The van der Waals surface area contributed by atoms with E-state index in [9.17, 15) is 14.7 Å². The van der Waals surface area contributed by atoms with Gasteiger partial charge in [0.2, 0.25) is 0 Å². The summed E-state index contributed by atoms with van der Waals surface area (Å²) < 4.78 is 9.91. The topological polar surface area (TPSA) is 97.2 Å². The molecule has 152 valence electrons. The van der Waals surface area contributed by atoms with Gasteiger partial charge in [0.25, 0.3) is 5.72 Å². The molecule has 0 unspecified atom stereocenters. The highest BCUT2D eigenvalue weighted by atomic mass is 16.5. The number of methoxy groups -OCH3 is 2. The number of rotatable bonds is 2. The molecular weight excluding hydrogens is 372 g/mol. The number of benzene rings is 1. The molecule has 0 aromatic heterocycles. The number of esters is 2. The second-order valence-electron chi connectivity index (χ2n) is 9.21. The molecule has 0 spiro atoms. The Hall–Kier alpha value is -2.41. The number of nitrogens with one attached hydrogen (secondary N) is 1. The fraction of sp³-hybridized carbons (Fsp3) is 0.591. The van der Waals surface area contributed by atoms with Crippen molar-refractivity contribution >= 4 is 17.7 Å². The SMILES string of the molecule is COC(=O)C1=NN[C@](O)(C(=O)OC)[C@H]2[C@H]3C[C@@H]([C@@H]12)[C@@H]1[C@H]3[C@H]2C[C@@H]1c1ccccc12. The molecule has 4 aliphatic carbocycles. The van der Waals surface area contributed by atoms with Crippen LogP contribution in [0.5, 0.6) is 0 Å². The first-order chi connectivity index (χ1) is 14.0. The third-order valence-corrected chi connectivity index (χ3v) is 8.56. The van der Waals surface area contributed by atoms with Gasteiger partial charge in [-0.2, -0.15) is 5.10 Å². The molecule has 7 nitrogen and oxygen atoms in total. The number of hydrazone groups is 1. The van der Waals surface area contributed by atoms with Gasteiger partial charge in [-0.15, -0.1) is 0 Å². The molecule has 3 fully saturated rings. The van der Waals surface area contributed by atoms with Crippen molar-refractivity contribution in [3.63, 3.8) is 0 Å². The van der Waals surface area contributed by atoms with Crippen molar-refractivity contribution in [2.75, 3.05) is 14.2 Å². The van der Waals surface area contributed by atoms with Gasteiger partial charge in [-0.3, -0.25) is 5.43 Å². The Bertz CT molecular complexity index is 960. The van der Waals surface area contributed by atoms with E-state index in [1.54, 1.807) is 0 Å². The highest BCUT2D eigenvalue weighted by molar-refractivity contribution is 6.37. The van der Waals surface area contributed by atoms with Gasteiger partial charge < -0.3 is 14.6 Å². The Balaban J connectivity index is 1.48. The Morgan fingerprint density at radius 3 is 2.34 bits per heavy atom. The van der Waals surface area contributed by atoms with Gasteiger partial charge in [0.15, 0.2) is 0 Å². The maximum atomic E-state index is 12.6. The van der Waals surface area contributed by atoms with Gasteiger partial charge in [-0.1, -0.05) is 24.3 Å². The van der Waals surface area contributed by atoms with E-state index in [4.69, 9.17) is 9.47 Å². The minimum absolute atomic E-state index is 0.130. The number of nitrogens with zero attached hydrogens (tertiary/aromatic N) is 1. The van der Waals surface area contributed by atoms with Gasteiger partial charge in [-0.25, -0.2) is 9.59 Å². The smallest absolute Gasteiger partial charge is 0.361 e. The summed E-state index contributed by atoms with van der Waals surface area (Å²) in [5, 5.41) is 15.5. The standard InChI is InChI=1S/C22H24N2O5/c1-28-20(25)19-17-13-8-14(18(17)22(27,24-23-19)21(26)29-2)16-12-7-11(15(13)16)9-5-3-4-6-10(9)12/h3-6,11-18,24,27H,7-8H2,1-2H3/t11-,12+,13-,14+,15-,16+,17-,18+,22-/m1/s1. The number of hydrogen-bond donors (Lipinski definition) is 2. The Kier molecular flexibility index (Phi) is 3.37. The fourth-order valence-electron chi connectivity index (χ4n) is 7.94. The lowest BCUT2D eigenvalue weighted by Gasteiger charge is -2.49. The highest BCUT2D eigenvalue weighted by Gasteiger charge is 2.73. The number of aliphatic hydroxyl groups is 1. The third kappa shape index (κ3) is 1.90. The van der Waals surface area contributed by atoms with E-state index >= 15 is 0 Å². The number of fused-ring (bicyclic) bond motifs is 15. The van der Waals surface area contributed by atoms with Crippen molar-refractivity contribution in [2.45, 2.75) is 30.4 Å². The Labute approximate surface area is 168 Å². The summed E-state index contributed by atoms with van der Waals surface area (Å²) in [6.07, 6.45) is 2.01. The van der Waals surface area contributed by atoms with Crippen LogP contribution in [0.1, 0.15) is 35.8 Å². The zero-order valence-corrected chi connectivity index (χ0v) is 16.4. The van der Waals surface area contributed by atoms with E-state index < -0.39 is 23.6 Å². The zero-order valence-electron chi connectivity index (χ0n) is 16.4. The quantitative estimate of drug-likeness (QED) is 0.579. The summed E-state index contributed by atoms with van der Waals surface area (Å²) in [6, 6.07) is 8.67. The summed E-state index contributed by atoms with van der Waals surface area (Å²) in [6.45, 7) is 0. The molecule has 9 atom stereocenters. The van der Waals surface area contributed by atoms with E-state index in [1.807, 2.05) is 0 Å². The Morgan fingerprint density at radius 1 is 1.07 bits per heavy atom. The van der Waals surface area contributed by atoms with Crippen molar-refractivity contribution < 1.29 is 24.2 Å². The molecule has 5 aliphatic rings. The zero-order chi connectivity index (χ0) is 20.1. The normalized spacial score (nSPS) is 45.0. The van der Waals surface area contributed by atoms with Crippen LogP contribution in [0.3, 0.4) is 0 Å². The molecule has 1 aromatic carbocycles. The summed E-state index contributed by atoms with van der Waals surface area (Å²) in [5.41, 5.74) is 3.83. The molecule has 1 aromatic rings. The largest absolute Gasteiger partial charge is 0.465 e. The fourth-order valence-corrected chi connectivity index (χ4v) is 7.94. The van der Waals surface area contributed by atoms with Gasteiger partial charge in [0.05, 0.1) is 14.2 Å². The van der Waals surface area contributed by atoms with Crippen molar-refractivity contribution in [3.05, 3.63) is 35.4 Å². The average molecular weight is 396 g/mol. The molecule has 7 heteroatoms. The molecular formula is C22H24N2O5. The summed E-state index contributed by atoms with van der Waals surface area (Å²) in [5.74, 6) is 0.160. The molecule has 3 saturated carbocycles. The molecule has 0 amide bonds. The lowest BCUT2D eigenvalue weighted by Crippen LogP contribution is -2.65. The van der Waals surface area contributed by atoms with Gasteiger partial charge >= 0.3 is 11.9 Å². The van der Waals surface area contributed by atoms with E-state index in [2.05, 4.69) is 34.8 Å². The first-order valence-corrected chi connectivity index (χ1v) is 10.3. The van der Waals surface area contributed by atoms with Crippen molar-refractivity contribution in [2.24, 2.45) is 40.6 Å². The molecule has 0 radical (unpaired) electrons. The van der Waals surface area contributed by atoms with Gasteiger partial charge in [0.1, 0.15) is 5.71 Å². The maximum absolute atomic E-state index is 12.6. The van der Waals surface area contributed by atoms with Crippen LogP contribution in [0.2, 0.25) is 0 Å². The predicted octanol–water partition coefficient (Wildman–Crippen LogP) is 1.38. The predicted molar refractivity (Wildman–Crippen MR) is 102 cm³/mol. The first kappa shape index (κ1) is 17.4. The van der Waals surface area contributed by atoms with E-state index in [0.717, 1.165) is 12.8 Å². The monoisotopic (exact) mass is 396 g/mol. The molecule has 29 heavy (non-hydrogen) atoms. The van der Waals surface area contributed by atoms with Crippen molar-refractivity contribution in [1.82, 2.24) is 5.43 Å². The third-order valence-electron chi connectivity index (χ3n) is 8.56. The minimum Gasteiger partial charge on any atom is -0.465 e. The number of hydrogen-bond acceptors (Lipinski definition) is 7. The van der Waals surface area contributed by atoms with Gasteiger partial charge in [-0.05, 0) is 59.5 Å². The van der Waals surface area contributed by atoms with Crippen LogP contribution in [-0.4, -0.2) is 42.7 Å². The molecule has 4 bridgehead atoms. The lowest BCUT2D eigenvalue weighted by molar-refractivity contribution is -0.183. The maximum Gasteiger partial charge on any atom is 0.361 e. The van der Waals surface area contributed by atoms with Crippen LogP contribution >= 0.6 is 0 Å². The molecule has 0 saturated heterocycles. The van der Waals surface area contributed by atoms with Gasteiger partial charge in [0, 0.05) is 11.8 Å². The molecule has 1 aliphatic heterocycles. The molecule has 6 rings (SSSR count). The molecule has 2 N–H and O–H groups in total. The minimum atomic E-state index is -1.91. The summed E-state index contributed by atoms with van der Waals surface area (Å²) in [7, 11) is 2.60. The summed E-state index contributed by atoms with van der Waals surface area (Å²) in [4.78, 5) is 25.1. The first-order valence-electron chi connectivity index (χ1n) is 10.3. The van der Waals surface area contributed by atoms with Crippen LogP contribution < -0.4 is 5.43 Å². The summed E-state index contributed by atoms with van der Waals surface area (Å²) >= 11 is 0. The van der Waals surface area contributed by atoms with E-state index in [-0.39, 0.29) is 17.8 Å². The van der Waals surface area contributed by atoms with Crippen molar-refractivity contribution in [1.29, 1.82) is 0 Å². The highest BCUT2D eigenvalue weighted by Crippen LogP contribution is 2.75. The van der Waals surface area contributed by atoms with Crippen LogP contribution in [-0.2, 0) is 19.1 Å². The van der Waals surface area contributed by atoms with E-state index in [0.29, 0.717) is 29.4 Å². The number of carbonyl (C=O) groups excluding carboxylic acids is 2. The van der Waals surface area contributed by atoms with Crippen LogP contribution in [0.25, 0.3) is 0 Å². The average Bonchev–Trinajstić information content (AvgIpc) is 3.50. The second-order valence-corrected chi connectivity index (χ2v) is 9.21. The lowest BCUT2D eigenvalue weighted by atomic mass is 9.58. The van der Waals surface area contributed by atoms with Crippen LogP contribution in [0.4, 0.5) is 0 Å². The number of carbonyl (C=O) groups is 2. The Morgan fingerprint density at radius 2 is 1.72 bits per heavy atom. The van der Waals surface area contributed by atoms with Crippen LogP contribution in [0, 0.1) is 35.5 Å². The van der Waals surface area contributed by atoms with Crippen LogP contribution in [0.15, 0.2) is 29.4 Å². The van der Waals surface area contributed by atoms with E-state index in [1.165, 1.54) is 25.3 Å². The number of ether oxygens (including phenoxy) is 2. The second kappa shape index (κ2) is 5.59. The molecule has 1 heterocycles.